The molecule has 0 spiro atoms. The van der Waals surface area contributed by atoms with Crippen LogP contribution < -0.4 is 10.6 Å². The van der Waals surface area contributed by atoms with Crippen molar-refractivity contribution in [1.82, 2.24) is 4.98 Å². The van der Waals surface area contributed by atoms with Gasteiger partial charge in [0.15, 0.2) is 0 Å². The number of primary amides is 1. The van der Waals surface area contributed by atoms with Crippen LogP contribution >= 0.6 is 0 Å². The van der Waals surface area contributed by atoms with Crippen molar-refractivity contribution in [3.05, 3.63) is 77.5 Å². The van der Waals surface area contributed by atoms with Crippen LogP contribution in [0.5, 0.6) is 0 Å². The number of carbonyl (C=O) groups is 1. The summed E-state index contributed by atoms with van der Waals surface area (Å²) in [5.41, 5.74) is 8.71. The van der Waals surface area contributed by atoms with E-state index in [-0.39, 0.29) is 5.69 Å². The number of hydrogen-bond donors (Lipinski definition) is 1. The average Bonchev–Trinajstić information content (AvgIpc) is 2.72. The molecule has 0 unspecified atom stereocenters. The average molecular weight is 397 g/mol. The van der Waals surface area contributed by atoms with Crippen molar-refractivity contribution < 1.29 is 18.0 Å². The highest BCUT2D eigenvalue weighted by atomic mass is 19.4. The summed E-state index contributed by atoms with van der Waals surface area (Å²) in [7, 11) is 0. The third kappa shape index (κ3) is 3.81. The second-order valence-electron chi connectivity index (χ2n) is 6.92. The Balaban J connectivity index is 1.71. The third-order valence-corrected chi connectivity index (χ3v) is 4.98. The number of nitrogens with two attached hydrogens (primary N) is 1. The predicted molar refractivity (Wildman–Crippen MR) is 105 cm³/mol. The van der Waals surface area contributed by atoms with E-state index >= 15 is 0 Å². The fraction of sp³-hybridized carbons (Fsp3) is 0.182. The Morgan fingerprint density at radius 2 is 1.83 bits per heavy atom. The highest BCUT2D eigenvalue weighted by Crippen LogP contribution is 2.38. The van der Waals surface area contributed by atoms with Crippen LogP contribution in [-0.4, -0.2) is 17.4 Å². The highest BCUT2D eigenvalue weighted by molar-refractivity contribution is 5.91. The number of benzene rings is 2. The molecular formula is C22H18F3N3O. The number of nitrogens with zero attached hydrogens (tertiary/aromatic N) is 2. The van der Waals surface area contributed by atoms with E-state index in [1.807, 2.05) is 23.1 Å². The molecular weight excluding hydrogens is 379 g/mol. The van der Waals surface area contributed by atoms with Gasteiger partial charge in [-0.1, -0.05) is 18.2 Å². The summed E-state index contributed by atoms with van der Waals surface area (Å²) < 4.78 is 39.3. The third-order valence-electron chi connectivity index (χ3n) is 4.98. The number of alkyl halides is 3. The number of fused-ring (bicyclic) bond motifs is 1. The largest absolute Gasteiger partial charge is 0.416 e. The zero-order valence-electron chi connectivity index (χ0n) is 15.4. The van der Waals surface area contributed by atoms with Gasteiger partial charge >= 0.3 is 6.18 Å². The molecule has 1 amide bonds. The number of aromatic nitrogens is 1. The fourth-order valence-electron chi connectivity index (χ4n) is 3.61. The van der Waals surface area contributed by atoms with E-state index in [4.69, 9.17) is 5.73 Å². The molecule has 1 aromatic heterocycles. The summed E-state index contributed by atoms with van der Waals surface area (Å²) in [6.45, 7) is 0.642. The Bertz CT molecular complexity index is 1080. The summed E-state index contributed by atoms with van der Waals surface area (Å²) in [6, 6.07) is 16.2. The second kappa shape index (κ2) is 7.24. The van der Waals surface area contributed by atoms with Crippen molar-refractivity contribution >= 4 is 17.3 Å². The molecule has 0 saturated carbocycles. The summed E-state index contributed by atoms with van der Waals surface area (Å²) in [4.78, 5) is 17.6. The minimum absolute atomic E-state index is 0.186. The number of amides is 1. The molecule has 29 heavy (non-hydrogen) atoms. The van der Waals surface area contributed by atoms with Crippen LogP contribution in [0.15, 0.2) is 60.7 Å². The maximum atomic E-state index is 13.1. The van der Waals surface area contributed by atoms with Gasteiger partial charge in [0.05, 0.1) is 11.3 Å². The normalized spacial score (nSPS) is 13.8. The van der Waals surface area contributed by atoms with Gasteiger partial charge in [-0.15, -0.1) is 0 Å². The first-order valence-corrected chi connectivity index (χ1v) is 9.18. The van der Waals surface area contributed by atoms with Gasteiger partial charge in [0.2, 0.25) is 0 Å². The van der Waals surface area contributed by atoms with Crippen molar-refractivity contribution in [3.63, 3.8) is 0 Å². The minimum atomic E-state index is -4.38. The predicted octanol–water partition coefficient (Wildman–Crippen LogP) is 4.95. The zero-order chi connectivity index (χ0) is 20.6. The Hall–Kier alpha value is -3.35. The van der Waals surface area contributed by atoms with Crippen LogP contribution in [-0.2, 0) is 12.6 Å². The molecule has 0 bridgehead atoms. The first-order valence-electron chi connectivity index (χ1n) is 9.18. The van der Waals surface area contributed by atoms with Crippen molar-refractivity contribution in [3.8, 4) is 11.3 Å². The summed E-state index contributed by atoms with van der Waals surface area (Å²) in [5, 5.41) is 0. The highest BCUT2D eigenvalue weighted by Gasteiger charge is 2.31. The first kappa shape index (κ1) is 19.0. The van der Waals surface area contributed by atoms with Gasteiger partial charge < -0.3 is 10.6 Å². The van der Waals surface area contributed by atoms with E-state index in [0.717, 1.165) is 35.7 Å². The molecule has 1 aliphatic heterocycles. The molecule has 3 aromatic rings. The monoisotopic (exact) mass is 397 g/mol. The fourth-order valence-corrected chi connectivity index (χ4v) is 3.61. The standard InChI is InChI=1S/C22H18F3N3O/c23-22(24,25)16-5-1-6-17(13-16)28-11-3-4-15-12-14(9-10-20(15)28)18-7-2-8-19(27-18)21(26)29/h1-2,5-10,12-13H,3-4,11H2,(H2,26,29). The van der Waals surface area contributed by atoms with E-state index in [0.29, 0.717) is 17.9 Å². The van der Waals surface area contributed by atoms with Crippen LogP contribution in [0, 0.1) is 0 Å². The molecule has 2 heterocycles. The summed E-state index contributed by atoms with van der Waals surface area (Å²) in [5.74, 6) is -0.597. The van der Waals surface area contributed by atoms with Gasteiger partial charge in [0.1, 0.15) is 5.69 Å². The molecule has 4 rings (SSSR count). The quantitative estimate of drug-likeness (QED) is 0.680. The van der Waals surface area contributed by atoms with Crippen LogP contribution in [0.25, 0.3) is 11.3 Å². The molecule has 2 N–H and O–H groups in total. The van der Waals surface area contributed by atoms with Gasteiger partial charge in [-0.05, 0) is 60.9 Å². The lowest BCUT2D eigenvalue weighted by Gasteiger charge is -2.32. The van der Waals surface area contributed by atoms with Gasteiger partial charge in [-0.25, -0.2) is 4.98 Å². The first-order chi connectivity index (χ1) is 13.8. The smallest absolute Gasteiger partial charge is 0.364 e. The molecule has 0 saturated heterocycles. The SMILES string of the molecule is NC(=O)c1cccc(-c2ccc3c(c2)CCCN3c2cccc(C(F)(F)F)c2)n1. The number of aryl methyl sites for hydroxylation is 1. The molecule has 0 fully saturated rings. The maximum Gasteiger partial charge on any atom is 0.416 e. The lowest BCUT2D eigenvalue weighted by molar-refractivity contribution is -0.137. The lowest BCUT2D eigenvalue weighted by atomic mass is 9.97. The van der Waals surface area contributed by atoms with E-state index in [2.05, 4.69) is 4.98 Å². The summed E-state index contributed by atoms with van der Waals surface area (Å²) >= 11 is 0. The zero-order valence-corrected chi connectivity index (χ0v) is 15.4. The lowest BCUT2D eigenvalue weighted by Crippen LogP contribution is -2.24. The molecule has 1 aliphatic rings. The van der Waals surface area contributed by atoms with Crippen molar-refractivity contribution in [2.45, 2.75) is 19.0 Å². The van der Waals surface area contributed by atoms with Gasteiger partial charge in [-0.3, -0.25) is 4.79 Å². The van der Waals surface area contributed by atoms with Crippen LogP contribution in [0.1, 0.15) is 28.0 Å². The Morgan fingerprint density at radius 1 is 1.03 bits per heavy atom. The molecule has 0 radical (unpaired) electrons. The van der Waals surface area contributed by atoms with E-state index in [1.165, 1.54) is 12.1 Å². The number of hydrogen-bond acceptors (Lipinski definition) is 3. The topological polar surface area (TPSA) is 59.2 Å². The molecule has 4 nitrogen and oxygen atoms in total. The number of carbonyl (C=O) groups excluding carboxylic acids is 1. The molecule has 0 aliphatic carbocycles. The number of anilines is 2. The van der Waals surface area contributed by atoms with Crippen molar-refractivity contribution in [2.75, 3.05) is 11.4 Å². The molecule has 148 valence electrons. The van der Waals surface area contributed by atoms with Gasteiger partial charge in [0, 0.05) is 23.5 Å². The maximum absolute atomic E-state index is 13.1. The van der Waals surface area contributed by atoms with Gasteiger partial charge in [0.25, 0.3) is 5.91 Å². The van der Waals surface area contributed by atoms with Gasteiger partial charge in [-0.2, -0.15) is 13.2 Å². The van der Waals surface area contributed by atoms with Crippen LogP contribution in [0.4, 0.5) is 24.5 Å². The molecule has 2 aromatic carbocycles. The van der Waals surface area contributed by atoms with Crippen molar-refractivity contribution in [2.24, 2.45) is 5.73 Å². The van der Waals surface area contributed by atoms with Crippen LogP contribution in [0.3, 0.4) is 0 Å². The summed E-state index contributed by atoms with van der Waals surface area (Å²) in [6.07, 6.45) is -2.74. The Kier molecular flexibility index (Phi) is 4.74. The van der Waals surface area contributed by atoms with Crippen LogP contribution in [0.2, 0.25) is 0 Å². The van der Waals surface area contributed by atoms with Crippen molar-refractivity contribution in [1.29, 1.82) is 0 Å². The minimum Gasteiger partial charge on any atom is -0.364 e. The molecule has 7 heteroatoms. The van der Waals surface area contributed by atoms with E-state index in [9.17, 15) is 18.0 Å². The Morgan fingerprint density at radius 3 is 2.59 bits per heavy atom. The van der Waals surface area contributed by atoms with E-state index < -0.39 is 17.6 Å². The Labute approximate surface area is 165 Å². The number of rotatable bonds is 3. The molecule has 0 atom stereocenters. The number of halogens is 3. The second-order valence-corrected chi connectivity index (χ2v) is 6.92. The number of pyridine rings is 1. The van der Waals surface area contributed by atoms with E-state index in [1.54, 1.807) is 24.3 Å².